The average molecular weight is 370 g/mol. The molecule has 2 aromatic rings. The highest BCUT2D eigenvalue weighted by Crippen LogP contribution is 2.31. The lowest BCUT2D eigenvalue weighted by Gasteiger charge is -2.26. The van der Waals surface area contributed by atoms with Gasteiger partial charge in [0.1, 0.15) is 0 Å². The fourth-order valence-electron chi connectivity index (χ4n) is 2.57. The monoisotopic (exact) mass is 369 g/mol. The molecule has 0 bridgehead atoms. The highest BCUT2D eigenvalue weighted by molar-refractivity contribution is 9.10. The van der Waals surface area contributed by atoms with Gasteiger partial charge in [-0.25, -0.2) is 0 Å². The molecule has 0 heterocycles. The second-order valence-corrected chi connectivity index (χ2v) is 6.42. The maximum atomic E-state index is 3.96. The molecular weight excluding hydrogens is 346 g/mol. The van der Waals surface area contributed by atoms with Gasteiger partial charge in [-0.1, -0.05) is 54.1 Å². The SMILES string of the molecule is C=CC(=CC)N(c1ccc(Br)cc1)c1ccc(CCCC)cc1. The summed E-state index contributed by atoms with van der Waals surface area (Å²) in [6.07, 6.45) is 7.59. The van der Waals surface area contributed by atoms with E-state index in [9.17, 15) is 0 Å². The molecule has 0 radical (unpaired) electrons. The number of unbranched alkanes of at least 4 members (excludes halogenated alkanes) is 1. The maximum Gasteiger partial charge on any atom is 0.0462 e. The molecule has 0 amide bonds. The van der Waals surface area contributed by atoms with Crippen LogP contribution in [0.1, 0.15) is 32.3 Å². The van der Waals surface area contributed by atoms with Gasteiger partial charge in [-0.2, -0.15) is 0 Å². The van der Waals surface area contributed by atoms with Crippen LogP contribution in [-0.4, -0.2) is 0 Å². The van der Waals surface area contributed by atoms with Crippen LogP contribution in [0.4, 0.5) is 11.4 Å². The van der Waals surface area contributed by atoms with Gasteiger partial charge in [0.2, 0.25) is 0 Å². The Morgan fingerprint density at radius 3 is 2.09 bits per heavy atom. The van der Waals surface area contributed by atoms with Crippen molar-refractivity contribution >= 4 is 27.3 Å². The van der Waals surface area contributed by atoms with Gasteiger partial charge >= 0.3 is 0 Å². The summed E-state index contributed by atoms with van der Waals surface area (Å²) >= 11 is 3.50. The third-order valence-electron chi connectivity index (χ3n) is 3.86. The Bertz CT molecular complexity index is 653. The van der Waals surface area contributed by atoms with Crippen LogP contribution < -0.4 is 4.90 Å². The van der Waals surface area contributed by atoms with Crippen LogP contribution in [0.25, 0.3) is 0 Å². The quantitative estimate of drug-likeness (QED) is 0.473. The van der Waals surface area contributed by atoms with Crippen molar-refractivity contribution in [2.24, 2.45) is 0 Å². The van der Waals surface area contributed by atoms with E-state index in [1.54, 1.807) is 0 Å². The van der Waals surface area contributed by atoms with Crippen LogP contribution in [0.3, 0.4) is 0 Å². The predicted molar refractivity (Wildman–Crippen MR) is 105 cm³/mol. The highest BCUT2D eigenvalue weighted by atomic mass is 79.9. The molecule has 0 aliphatic heterocycles. The molecule has 1 nitrogen and oxygen atoms in total. The lowest BCUT2D eigenvalue weighted by atomic mass is 10.1. The van der Waals surface area contributed by atoms with Crippen molar-refractivity contribution in [1.82, 2.24) is 0 Å². The van der Waals surface area contributed by atoms with E-state index < -0.39 is 0 Å². The molecule has 0 aliphatic rings. The first-order valence-electron chi connectivity index (χ1n) is 8.13. The molecule has 0 N–H and O–H groups in total. The summed E-state index contributed by atoms with van der Waals surface area (Å²) in [6.45, 7) is 8.23. The summed E-state index contributed by atoms with van der Waals surface area (Å²) < 4.78 is 1.08. The number of rotatable bonds is 7. The minimum absolute atomic E-state index is 1.08. The van der Waals surface area contributed by atoms with Gasteiger partial charge in [-0.05, 0) is 67.8 Å². The largest absolute Gasteiger partial charge is 0.311 e. The van der Waals surface area contributed by atoms with Gasteiger partial charge in [-0.15, -0.1) is 0 Å². The molecule has 0 fully saturated rings. The standard InChI is InChI=1S/C21H24BrN/c1-4-7-8-17-9-13-20(14-10-17)23(19(5-2)6-3)21-15-11-18(22)12-16-21/h5-6,9-16H,2,4,7-8H2,1,3H3. The van der Waals surface area contributed by atoms with E-state index in [1.807, 2.05) is 13.0 Å². The first kappa shape index (κ1) is 17.6. The maximum absolute atomic E-state index is 3.96. The summed E-state index contributed by atoms with van der Waals surface area (Å²) in [5.74, 6) is 0. The van der Waals surface area contributed by atoms with Crippen molar-refractivity contribution in [3.8, 4) is 0 Å². The van der Waals surface area contributed by atoms with Crippen molar-refractivity contribution in [2.45, 2.75) is 33.1 Å². The third-order valence-corrected chi connectivity index (χ3v) is 4.39. The molecule has 2 rings (SSSR count). The number of hydrogen-bond donors (Lipinski definition) is 0. The first-order valence-corrected chi connectivity index (χ1v) is 8.92. The van der Waals surface area contributed by atoms with Gasteiger partial charge in [0, 0.05) is 21.5 Å². The van der Waals surface area contributed by atoms with Crippen LogP contribution in [0.5, 0.6) is 0 Å². The first-order chi connectivity index (χ1) is 11.2. The van der Waals surface area contributed by atoms with Crippen molar-refractivity contribution < 1.29 is 0 Å². The van der Waals surface area contributed by atoms with Gasteiger partial charge in [0.05, 0.1) is 0 Å². The molecule has 0 saturated heterocycles. The van der Waals surface area contributed by atoms with E-state index in [0.717, 1.165) is 28.0 Å². The van der Waals surface area contributed by atoms with Gasteiger partial charge in [-0.3, -0.25) is 0 Å². The predicted octanol–water partition coefficient (Wildman–Crippen LogP) is 7.02. The van der Waals surface area contributed by atoms with E-state index >= 15 is 0 Å². The summed E-state index contributed by atoms with van der Waals surface area (Å²) in [6, 6.07) is 17.2. The highest BCUT2D eigenvalue weighted by Gasteiger charge is 2.12. The lowest BCUT2D eigenvalue weighted by Crippen LogP contribution is -2.14. The fraction of sp³-hybridized carbons (Fsp3) is 0.238. The summed E-state index contributed by atoms with van der Waals surface area (Å²) in [5.41, 5.74) is 4.75. The zero-order valence-electron chi connectivity index (χ0n) is 13.9. The van der Waals surface area contributed by atoms with Crippen molar-refractivity contribution in [3.63, 3.8) is 0 Å². The van der Waals surface area contributed by atoms with E-state index in [2.05, 4.69) is 88.9 Å². The Balaban J connectivity index is 2.37. The smallest absolute Gasteiger partial charge is 0.0462 e. The van der Waals surface area contributed by atoms with Crippen LogP contribution in [0.2, 0.25) is 0 Å². The molecule has 120 valence electrons. The van der Waals surface area contributed by atoms with Gasteiger partial charge < -0.3 is 4.90 Å². The molecule has 0 unspecified atom stereocenters. The zero-order valence-corrected chi connectivity index (χ0v) is 15.5. The van der Waals surface area contributed by atoms with Crippen LogP contribution in [-0.2, 0) is 6.42 Å². The topological polar surface area (TPSA) is 3.24 Å². The summed E-state index contributed by atoms with van der Waals surface area (Å²) in [5, 5.41) is 0. The molecule has 0 saturated carbocycles. The molecular formula is C21H24BrN. The van der Waals surface area contributed by atoms with Crippen LogP contribution >= 0.6 is 15.9 Å². The van der Waals surface area contributed by atoms with Crippen LogP contribution in [0, 0.1) is 0 Å². The van der Waals surface area contributed by atoms with E-state index in [1.165, 1.54) is 18.4 Å². The third kappa shape index (κ3) is 4.59. The average Bonchev–Trinajstić information content (AvgIpc) is 2.59. The Labute approximate surface area is 148 Å². The van der Waals surface area contributed by atoms with Crippen LogP contribution in [0.15, 0.2) is 77.4 Å². The molecule has 2 aromatic carbocycles. The van der Waals surface area contributed by atoms with E-state index in [-0.39, 0.29) is 0 Å². The molecule has 23 heavy (non-hydrogen) atoms. The van der Waals surface area contributed by atoms with Gasteiger partial charge in [0.15, 0.2) is 0 Å². The number of benzene rings is 2. The normalized spacial score (nSPS) is 11.3. The minimum Gasteiger partial charge on any atom is -0.311 e. The molecule has 2 heteroatoms. The number of halogens is 1. The fourth-order valence-corrected chi connectivity index (χ4v) is 2.83. The second kappa shape index (κ2) is 8.73. The molecule has 0 aromatic heterocycles. The number of hydrogen-bond acceptors (Lipinski definition) is 1. The minimum atomic E-state index is 1.08. The number of aryl methyl sites for hydroxylation is 1. The second-order valence-electron chi connectivity index (χ2n) is 5.50. The Morgan fingerprint density at radius 1 is 1.04 bits per heavy atom. The Hall–Kier alpha value is -1.80. The molecule has 0 aliphatic carbocycles. The number of anilines is 2. The number of allylic oxidation sites excluding steroid dienone is 2. The zero-order chi connectivity index (χ0) is 16.7. The molecule has 0 atom stereocenters. The van der Waals surface area contributed by atoms with Crippen molar-refractivity contribution in [1.29, 1.82) is 0 Å². The van der Waals surface area contributed by atoms with E-state index in [4.69, 9.17) is 0 Å². The summed E-state index contributed by atoms with van der Waals surface area (Å²) in [7, 11) is 0. The Morgan fingerprint density at radius 2 is 1.61 bits per heavy atom. The molecule has 0 spiro atoms. The Kier molecular flexibility index (Phi) is 6.66. The summed E-state index contributed by atoms with van der Waals surface area (Å²) in [4.78, 5) is 2.23. The van der Waals surface area contributed by atoms with Gasteiger partial charge in [0.25, 0.3) is 0 Å². The lowest BCUT2D eigenvalue weighted by molar-refractivity contribution is 0.795. The number of nitrogens with zero attached hydrogens (tertiary/aromatic N) is 1. The van der Waals surface area contributed by atoms with Crippen molar-refractivity contribution in [2.75, 3.05) is 4.90 Å². The van der Waals surface area contributed by atoms with Crippen molar-refractivity contribution in [3.05, 3.63) is 83.0 Å². The van der Waals surface area contributed by atoms with E-state index in [0.29, 0.717) is 0 Å².